The molecule has 0 spiro atoms. The number of hydrogen-bond acceptors (Lipinski definition) is 4. The first-order valence-corrected chi connectivity index (χ1v) is 7.55. The molecule has 3 N–H and O–H groups in total. The van der Waals surface area contributed by atoms with Gasteiger partial charge in [0.2, 0.25) is 11.8 Å². The predicted molar refractivity (Wildman–Crippen MR) is 79.2 cm³/mol. The Labute approximate surface area is 121 Å². The molecular weight excluding hydrogens is 256 g/mol. The zero-order valence-corrected chi connectivity index (χ0v) is 12.7. The average Bonchev–Trinajstić information content (AvgIpc) is 2.43. The van der Waals surface area contributed by atoms with Crippen LogP contribution in [0.1, 0.15) is 33.1 Å². The Morgan fingerprint density at radius 2 is 1.90 bits per heavy atom. The van der Waals surface area contributed by atoms with Gasteiger partial charge in [0.1, 0.15) is 0 Å². The Hall–Kier alpha value is -1.14. The van der Waals surface area contributed by atoms with Crippen LogP contribution in [0.2, 0.25) is 0 Å². The molecule has 1 aliphatic rings. The number of rotatable bonds is 7. The molecule has 1 atom stereocenters. The lowest BCUT2D eigenvalue weighted by Crippen LogP contribution is -2.51. The van der Waals surface area contributed by atoms with Crippen LogP contribution in [0.5, 0.6) is 0 Å². The van der Waals surface area contributed by atoms with Crippen molar-refractivity contribution in [3.05, 3.63) is 0 Å². The monoisotopic (exact) mass is 284 g/mol. The summed E-state index contributed by atoms with van der Waals surface area (Å²) in [5.41, 5.74) is 5.66. The minimum Gasteiger partial charge on any atom is -0.355 e. The molecule has 1 rings (SSSR count). The van der Waals surface area contributed by atoms with Gasteiger partial charge >= 0.3 is 0 Å². The van der Waals surface area contributed by atoms with Crippen LogP contribution in [0.15, 0.2) is 0 Å². The highest BCUT2D eigenvalue weighted by atomic mass is 16.2. The Balaban J connectivity index is 2.22. The largest absolute Gasteiger partial charge is 0.355 e. The van der Waals surface area contributed by atoms with Crippen molar-refractivity contribution in [1.29, 1.82) is 0 Å². The van der Waals surface area contributed by atoms with Crippen molar-refractivity contribution in [1.82, 2.24) is 15.1 Å². The fourth-order valence-corrected chi connectivity index (χ4v) is 2.19. The Kier molecular flexibility index (Phi) is 7.54. The van der Waals surface area contributed by atoms with Gasteiger partial charge < -0.3 is 16.0 Å². The van der Waals surface area contributed by atoms with Crippen molar-refractivity contribution >= 4 is 11.8 Å². The van der Waals surface area contributed by atoms with E-state index in [2.05, 4.69) is 10.2 Å². The van der Waals surface area contributed by atoms with E-state index in [1.54, 1.807) is 0 Å². The number of carbonyl (C=O) groups is 2. The summed E-state index contributed by atoms with van der Waals surface area (Å²) in [5, 5.41) is 2.87. The number of nitrogens with two attached hydrogens (primary N) is 1. The molecule has 6 heteroatoms. The molecule has 0 aromatic rings. The lowest BCUT2D eigenvalue weighted by atomic mass is 10.1. The van der Waals surface area contributed by atoms with E-state index >= 15 is 0 Å². The van der Waals surface area contributed by atoms with Crippen LogP contribution in [0.3, 0.4) is 0 Å². The fraction of sp³-hybridized carbons (Fsp3) is 0.857. The molecule has 0 aromatic carbocycles. The molecule has 2 amide bonds. The topological polar surface area (TPSA) is 78.7 Å². The maximum atomic E-state index is 11.9. The molecule has 0 radical (unpaired) electrons. The lowest BCUT2D eigenvalue weighted by molar-refractivity contribution is -0.133. The second-order valence-corrected chi connectivity index (χ2v) is 5.52. The lowest BCUT2D eigenvalue weighted by Gasteiger charge is -2.34. The first-order valence-electron chi connectivity index (χ1n) is 7.55. The third-order valence-electron chi connectivity index (χ3n) is 3.48. The van der Waals surface area contributed by atoms with Crippen molar-refractivity contribution in [3.63, 3.8) is 0 Å². The molecule has 0 bridgehead atoms. The van der Waals surface area contributed by atoms with E-state index < -0.39 is 0 Å². The molecule has 0 saturated carbocycles. The van der Waals surface area contributed by atoms with Gasteiger partial charge in [0, 0.05) is 45.2 Å². The molecular formula is C14H28N4O2. The maximum absolute atomic E-state index is 11.9. The molecule has 0 aromatic heterocycles. The van der Waals surface area contributed by atoms with E-state index in [-0.39, 0.29) is 17.9 Å². The molecule has 1 aliphatic heterocycles. The summed E-state index contributed by atoms with van der Waals surface area (Å²) in [4.78, 5) is 27.5. The number of nitrogens with zero attached hydrogens (tertiary/aromatic N) is 2. The number of amides is 2. The fourth-order valence-electron chi connectivity index (χ4n) is 2.19. The zero-order chi connectivity index (χ0) is 15.0. The van der Waals surface area contributed by atoms with Gasteiger partial charge in [0.15, 0.2) is 0 Å². The van der Waals surface area contributed by atoms with E-state index in [1.165, 1.54) is 0 Å². The minimum absolute atomic E-state index is 0.0718. The molecule has 6 nitrogen and oxygen atoms in total. The third kappa shape index (κ3) is 6.34. The molecule has 1 unspecified atom stereocenters. The van der Waals surface area contributed by atoms with Gasteiger partial charge in [-0.3, -0.25) is 14.5 Å². The van der Waals surface area contributed by atoms with Crippen LogP contribution >= 0.6 is 0 Å². The number of nitrogens with one attached hydrogen (secondary N) is 1. The third-order valence-corrected chi connectivity index (χ3v) is 3.48. The summed E-state index contributed by atoms with van der Waals surface area (Å²) in [7, 11) is 0. The maximum Gasteiger partial charge on any atom is 0.234 e. The smallest absolute Gasteiger partial charge is 0.234 e. The normalized spacial score (nSPS) is 17.9. The SMILES string of the molecule is CCCNC(=O)CN1CCN(C(=O)CCC(C)N)CC1. The summed E-state index contributed by atoms with van der Waals surface area (Å²) in [6.45, 7) is 8.06. The highest BCUT2D eigenvalue weighted by Crippen LogP contribution is 2.05. The highest BCUT2D eigenvalue weighted by molar-refractivity contribution is 5.78. The van der Waals surface area contributed by atoms with Gasteiger partial charge in [-0.2, -0.15) is 0 Å². The van der Waals surface area contributed by atoms with E-state index in [1.807, 2.05) is 18.7 Å². The Bertz CT molecular complexity index is 312. The van der Waals surface area contributed by atoms with Crippen molar-refractivity contribution in [3.8, 4) is 0 Å². The van der Waals surface area contributed by atoms with Crippen molar-refractivity contribution < 1.29 is 9.59 Å². The van der Waals surface area contributed by atoms with Crippen LogP contribution in [0.4, 0.5) is 0 Å². The van der Waals surface area contributed by atoms with Gasteiger partial charge in [-0.25, -0.2) is 0 Å². The van der Waals surface area contributed by atoms with Crippen LogP contribution in [0.25, 0.3) is 0 Å². The first-order chi connectivity index (χ1) is 9.52. The Morgan fingerprint density at radius 3 is 2.45 bits per heavy atom. The second-order valence-electron chi connectivity index (χ2n) is 5.52. The van der Waals surface area contributed by atoms with Gasteiger partial charge in [0.05, 0.1) is 6.54 Å². The van der Waals surface area contributed by atoms with Crippen LogP contribution in [0, 0.1) is 0 Å². The zero-order valence-electron chi connectivity index (χ0n) is 12.7. The number of hydrogen-bond donors (Lipinski definition) is 2. The van der Waals surface area contributed by atoms with Gasteiger partial charge in [-0.15, -0.1) is 0 Å². The van der Waals surface area contributed by atoms with E-state index in [9.17, 15) is 9.59 Å². The molecule has 1 fully saturated rings. The quantitative estimate of drug-likeness (QED) is 0.678. The highest BCUT2D eigenvalue weighted by Gasteiger charge is 2.22. The summed E-state index contributed by atoms with van der Waals surface area (Å²) in [5.74, 6) is 0.251. The minimum atomic E-state index is 0.0718. The average molecular weight is 284 g/mol. The summed E-state index contributed by atoms with van der Waals surface area (Å²) in [6.07, 6.45) is 2.21. The standard InChI is InChI=1S/C14H28N4O2/c1-3-6-16-13(19)11-17-7-9-18(10-8-17)14(20)5-4-12(2)15/h12H,3-11,15H2,1-2H3,(H,16,19). The molecule has 116 valence electrons. The molecule has 1 saturated heterocycles. The van der Waals surface area contributed by atoms with Crippen molar-refractivity contribution in [2.75, 3.05) is 39.3 Å². The second kappa shape index (κ2) is 8.92. The summed E-state index contributed by atoms with van der Waals surface area (Å²) >= 11 is 0. The van der Waals surface area contributed by atoms with E-state index in [0.717, 1.165) is 32.5 Å². The van der Waals surface area contributed by atoms with E-state index in [0.29, 0.717) is 26.1 Å². The van der Waals surface area contributed by atoms with Crippen LogP contribution in [-0.2, 0) is 9.59 Å². The van der Waals surface area contributed by atoms with Gasteiger partial charge in [-0.1, -0.05) is 6.92 Å². The summed E-state index contributed by atoms with van der Waals surface area (Å²) < 4.78 is 0. The van der Waals surface area contributed by atoms with Crippen molar-refractivity contribution in [2.45, 2.75) is 39.2 Å². The Morgan fingerprint density at radius 1 is 1.25 bits per heavy atom. The predicted octanol–water partition coefficient (Wildman–Crippen LogP) is -0.216. The first kappa shape index (κ1) is 16.9. The number of carbonyl (C=O) groups excluding carboxylic acids is 2. The van der Waals surface area contributed by atoms with E-state index in [4.69, 9.17) is 5.73 Å². The van der Waals surface area contributed by atoms with Crippen LogP contribution in [-0.4, -0.2) is 66.9 Å². The number of piperazine rings is 1. The molecule has 1 heterocycles. The molecule has 0 aliphatic carbocycles. The van der Waals surface area contributed by atoms with Gasteiger partial charge in [-0.05, 0) is 19.8 Å². The van der Waals surface area contributed by atoms with Crippen molar-refractivity contribution in [2.24, 2.45) is 5.73 Å². The molecule has 20 heavy (non-hydrogen) atoms. The summed E-state index contributed by atoms with van der Waals surface area (Å²) in [6, 6.07) is 0.0718. The van der Waals surface area contributed by atoms with Crippen LogP contribution < -0.4 is 11.1 Å². The van der Waals surface area contributed by atoms with Gasteiger partial charge in [0.25, 0.3) is 0 Å².